The molecule has 2 aromatic carbocycles. The summed E-state index contributed by atoms with van der Waals surface area (Å²) in [5.41, 5.74) is 1.62. The maximum atomic E-state index is 5.73. The summed E-state index contributed by atoms with van der Waals surface area (Å²) >= 11 is 0. The lowest BCUT2D eigenvalue weighted by molar-refractivity contribution is 0.256. The topological polar surface area (TPSA) is 44.5 Å². The van der Waals surface area contributed by atoms with Gasteiger partial charge in [0.05, 0.1) is 6.61 Å². The van der Waals surface area contributed by atoms with E-state index in [4.69, 9.17) is 13.9 Å². The summed E-state index contributed by atoms with van der Waals surface area (Å²) in [7, 11) is 0. The van der Waals surface area contributed by atoms with Crippen molar-refractivity contribution in [1.29, 1.82) is 0 Å². The molecule has 0 atom stereocenters. The van der Waals surface area contributed by atoms with Crippen LogP contribution in [-0.2, 0) is 6.61 Å². The number of ether oxygens (including phenoxy) is 2. The number of fused-ring (bicyclic) bond motifs is 1. The quantitative estimate of drug-likeness (QED) is 0.674. The van der Waals surface area contributed by atoms with Gasteiger partial charge in [-0.2, -0.15) is 0 Å². The van der Waals surface area contributed by atoms with Gasteiger partial charge < -0.3 is 13.9 Å². The van der Waals surface area contributed by atoms with Crippen LogP contribution in [-0.4, -0.2) is 11.6 Å². The zero-order valence-corrected chi connectivity index (χ0v) is 12.8. The summed E-state index contributed by atoms with van der Waals surface area (Å²) < 4.78 is 17.1. The normalized spacial score (nSPS) is 11.0. The van der Waals surface area contributed by atoms with E-state index in [9.17, 15) is 0 Å². The third kappa shape index (κ3) is 3.58. The molecule has 114 valence electrons. The van der Waals surface area contributed by atoms with Crippen molar-refractivity contribution in [2.45, 2.75) is 20.5 Å². The molecule has 0 aliphatic rings. The van der Waals surface area contributed by atoms with Crippen LogP contribution in [0.1, 0.15) is 19.7 Å². The number of rotatable bonds is 6. The van der Waals surface area contributed by atoms with Crippen molar-refractivity contribution in [2.24, 2.45) is 5.92 Å². The Kier molecular flexibility index (Phi) is 4.28. The molecule has 0 saturated heterocycles. The fourth-order valence-corrected chi connectivity index (χ4v) is 2.04. The minimum absolute atomic E-state index is 0.294. The Morgan fingerprint density at radius 3 is 2.55 bits per heavy atom. The molecule has 4 nitrogen and oxygen atoms in total. The van der Waals surface area contributed by atoms with Gasteiger partial charge in [-0.15, -0.1) is 0 Å². The maximum Gasteiger partial charge on any atom is 0.233 e. The zero-order valence-electron chi connectivity index (χ0n) is 12.8. The Balaban J connectivity index is 1.64. The summed E-state index contributed by atoms with van der Waals surface area (Å²) in [6.07, 6.45) is 0. The third-order valence-electron chi connectivity index (χ3n) is 3.09. The Morgan fingerprint density at radius 1 is 1.00 bits per heavy atom. The third-order valence-corrected chi connectivity index (χ3v) is 3.09. The van der Waals surface area contributed by atoms with E-state index in [1.54, 1.807) is 0 Å². The molecule has 0 saturated carbocycles. The molecular formula is C18H19NO3. The van der Waals surface area contributed by atoms with Crippen molar-refractivity contribution < 1.29 is 13.9 Å². The van der Waals surface area contributed by atoms with Crippen LogP contribution < -0.4 is 9.47 Å². The van der Waals surface area contributed by atoms with Gasteiger partial charge in [0.1, 0.15) is 17.0 Å². The molecule has 0 fully saturated rings. The van der Waals surface area contributed by atoms with Crippen LogP contribution in [0.3, 0.4) is 0 Å². The fraction of sp³-hybridized carbons (Fsp3) is 0.278. The second kappa shape index (κ2) is 6.52. The standard InChI is InChI=1S/C18H19NO3/c1-13(2)11-20-14-6-5-7-15(10-14)21-12-18-19-16-8-3-4-9-17(16)22-18/h3-10,13H,11-12H2,1-2H3. The van der Waals surface area contributed by atoms with Gasteiger partial charge in [0.2, 0.25) is 5.89 Å². The van der Waals surface area contributed by atoms with Crippen molar-refractivity contribution in [3.05, 3.63) is 54.4 Å². The van der Waals surface area contributed by atoms with Crippen molar-refractivity contribution in [2.75, 3.05) is 6.61 Å². The summed E-state index contributed by atoms with van der Waals surface area (Å²) in [5, 5.41) is 0. The van der Waals surface area contributed by atoms with E-state index in [1.165, 1.54) is 0 Å². The molecule has 4 heteroatoms. The average Bonchev–Trinajstić information content (AvgIpc) is 2.94. The largest absolute Gasteiger partial charge is 0.493 e. The molecule has 0 aliphatic heterocycles. The lowest BCUT2D eigenvalue weighted by Gasteiger charge is -2.10. The predicted octanol–water partition coefficient (Wildman–Crippen LogP) is 4.44. The molecule has 0 spiro atoms. The SMILES string of the molecule is CC(C)COc1cccc(OCc2nc3ccccc3o2)c1. The first-order valence-electron chi connectivity index (χ1n) is 7.41. The van der Waals surface area contributed by atoms with Gasteiger partial charge in [-0.1, -0.05) is 32.0 Å². The number of aromatic nitrogens is 1. The minimum Gasteiger partial charge on any atom is -0.493 e. The van der Waals surface area contributed by atoms with Crippen LogP contribution in [0.4, 0.5) is 0 Å². The number of benzene rings is 2. The Bertz CT molecular complexity index is 716. The van der Waals surface area contributed by atoms with Crippen molar-refractivity contribution in [3.63, 3.8) is 0 Å². The highest BCUT2D eigenvalue weighted by molar-refractivity contribution is 5.72. The van der Waals surface area contributed by atoms with E-state index in [-0.39, 0.29) is 0 Å². The van der Waals surface area contributed by atoms with Crippen molar-refractivity contribution >= 4 is 11.1 Å². The lowest BCUT2D eigenvalue weighted by atomic mass is 10.2. The van der Waals surface area contributed by atoms with Gasteiger partial charge in [0.15, 0.2) is 12.2 Å². The molecule has 0 aliphatic carbocycles. The monoisotopic (exact) mass is 297 g/mol. The molecule has 3 rings (SSSR count). The summed E-state index contributed by atoms with van der Waals surface area (Å²) in [6, 6.07) is 15.3. The zero-order chi connectivity index (χ0) is 15.4. The highest BCUT2D eigenvalue weighted by atomic mass is 16.5. The van der Waals surface area contributed by atoms with Crippen LogP contribution in [0.15, 0.2) is 52.9 Å². The van der Waals surface area contributed by atoms with Crippen LogP contribution in [0.5, 0.6) is 11.5 Å². The molecule has 0 unspecified atom stereocenters. The van der Waals surface area contributed by atoms with Crippen LogP contribution in [0, 0.1) is 5.92 Å². The molecule has 0 bridgehead atoms. The highest BCUT2D eigenvalue weighted by Gasteiger charge is 2.06. The summed E-state index contributed by atoms with van der Waals surface area (Å²) in [5.74, 6) is 2.60. The highest BCUT2D eigenvalue weighted by Crippen LogP contribution is 2.22. The molecule has 1 heterocycles. The van der Waals surface area contributed by atoms with Crippen LogP contribution in [0.25, 0.3) is 11.1 Å². The number of hydrogen-bond donors (Lipinski definition) is 0. The smallest absolute Gasteiger partial charge is 0.233 e. The second-order valence-corrected chi connectivity index (χ2v) is 5.54. The molecule has 3 aromatic rings. The maximum absolute atomic E-state index is 5.73. The van der Waals surface area contributed by atoms with Gasteiger partial charge in [-0.3, -0.25) is 0 Å². The number of para-hydroxylation sites is 2. The summed E-state index contributed by atoms with van der Waals surface area (Å²) in [6.45, 7) is 5.22. The summed E-state index contributed by atoms with van der Waals surface area (Å²) in [4.78, 5) is 4.39. The van der Waals surface area contributed by atoms with Crippen LogP contribution >= 0.6 is 0 Å². The van der Waals surface area contributed by atoms with E-state index in [0.29, 0.717) is 25.0 Å². The number of oxazole rings is 1. The molecule has 0 amide bonds. The predicted molar refractivity (Wildman–Crippen MR) is 85.1 cm³/mol. The van der Waals surface area contributed by atoms with E-state index < -0.39 is 0 Å². The first kappa shape index (κ1) is 14.4. The van der Waals surface area contributed by atoms with E-state index in [0.717, 1.165) is 22.6 Å². The fourth-order valence-electron chi connectivity index (χ4n) is 2.04. The minimum atomic E-state index is 0.294. The van der Waals surface area contributed by atoms with Crippen LogP contribution in [0.2, 0.25) is 0 Å². The van der Waals surface area contributed by atoms with E-state index >= 15 is 0 Å². The number of nitrogens with zero attached hydrogens (tertiary/aromatic N) is 1. The molecular weight excluding hydrogens is 278 g/mol. The van der Waals surface area contributed by atoms with Gasteiger partial charge in [-0.05, 0) is 30.2 Å². The van der Waals surface area contributed by atoms with Gasteiger partial charge in [-0.25, -0.2) is 4.98 Å². The Hall–Kier alpha value is -2.49. The first-order valence-corrected chi connectivity index (χ1v) is 7.41. The van der Waals surface area contributed by atoms with Crippen molar-refractivity contribution in [3.8, 4) is 11.5 Å². The Labute approximate surface area is 129 Å². The molecule has 0 radical (unpaired) electrons. The lowest BCUT2D eigenvalue weighted by Crippen LogP contribution is -2.04. The van der Waals surface area contributed by atoms with E-state index in [2.05, 4.69) is 18.8 Å². The van der Waals surface area contributed by atoms with E-state index in [1.807, 2.05) is 48.5 Å². The molecule has 22 heavy (non-hydrogen) atoms. The van der Waals surface area contributed by atoms with Crippen molar-refractivity contribution in [1.82, 2.24) is 4.98 Å². The second-order valence-electron chi connectivity index (χ2n) is 5.54. The Morgan fingerprint density at radius 2 is 1.77 bits per heavy atom. The average molecular weight is 297 g/mol. The van der Waals surface area contributed by atoms with Gasteiger partial charge in [0, 0.05) is 6.07 Å². The number of hydrogen-bond acceptors (Lipinski definition) is 4. The van der Waals surface area contributed by atoms with Gasteiger partial charge in [0.25, 0.3) is 0 Å². The molecule has 0 N–H and O–H groups in total. The first-order chi connectivity index (χ1) is 10.7. The van der Waals surface area contributed by atoms with Gasteiger partial charge >= 0.3 is 0 Å². The molecule has 1 aromatic heterocycles.